The molecule has 9 heteroatoms. The van der Waals surface area contributed by atoms with Crippen LogP contribution in [0.2, 0.25) is 0 Å². The van der Waals surface area contributed by atoms with Crippen molar-refractivity contribution in [3.63, 3.8) is 0 Å². The molecule has 0 heterocycles. The number of methoxy groups -OCH3 is 8. The molecule has 6 aromatic rings. The summed E-state index contributed by atoms with van der Waals surface area (Å²) in [6.07, 6.45) is 0. The van der Waals surface area contributed by atoms with Crippen LogP contribution in [0.1, 0.15) is 15.9 Å². The lowest BCUT2D eigenvalue weighted by Gasteiger charge is -2.05. The van der Waals surface area contributed by atoms with E-state index in [-0.39, 0.29) is 5.78 Å². The first kappa shape index (κ1) is 41.8. The van der Waals surface area contributed by atoms with Crippen LogP contribution in [0.5, 0.6) is 46.0 Å². The van der Waals surface area contributed by atoms with Gasteiger partial charge in [0.05, 0.1) is 56.9 Å². The highest BCUT2D eigenvalue weighted by molar-refractivity contribution is 6.09. The molecule has 282 valence electrons. The minimum Gasteiger partial charge on any atom is -0.497 e. The van der Waals surface area contributed by atoms with Crippen LogP contribution < -0.4 is 37.9 Å². The predicted molar refractivity (Wildman–Crippen MR) is 213 cm³/mol. The molecular weight excluding hydrogens is 684 g/mol. The highest BCUT2D eigenvalue weighted by atomic mass is 16.5. The second-order valence-electron chi connectivity index (χ2n) is 11.0. The van der Waals surface area contributed by atoms with Gasteiger partial charge in [-0.25, -0.2) is 0 Å². The SMILES string of the molecule is COc1ccc(-c2ccc(OC)cc2)cc1.COc1ccc(C(=O)c2ccc(OC)cc2)cc1.COc1ccc(OC)cc1.COc1cccc(OC)c1. The summed E-state index contributed by atoms with van der Waals surface area (Å²) in [7, 11) is 13.1. The van der Waals surface area contributed by atoms with Crippen molar-refractivity contribution in [2.75, 3.05) is 56.9 Å². The van der Waals surface area contributed by atoms with E-state index in [4.69, 9.17) is 37.9 Å². The van der Waals surface area contributed by atoms with E-state index in [1.807, 2.05) is 97.1 Å². The molecular formula is C45H48O9. The molecule has 0 amide bonds. The van der Waals surface area contributed by atoms with Crippen LogP contribution in [0.15, 0.2) is 146 Å². The lowest BCUT2D eigenvalue weighted by Crippen LogP contribution is -2.01. The number of carbonyl (C=O) groups is 1. The minimum atomic E-state index is -0.0136. The first-order valence-electron chi connectivity index (χ1n) is 16.8. The summed E-state index contributed by atoms with van der Waals surface area (Å²) in [6, 6.07) is 45.0. The maximum Gasteiger partial charge on any atom is 0.193 e. The van der Waals surface area contributed by atoms with Gasteiger partial charge in [-0.2, -0.15) is 0 Å². The van der Waals surface area contributed by atoms with E-state index in [0.29, 0.717) is 11.1 Å². The molecule has 0 aliphatic heterocycles. The molecule has 0 atom stereocenters. The third-order valence-electron chi connectivity index (χ3n) is 7.79. The van der Waals surface area contributed by atoms with Gasteiger partial charge in [-0.15, -0.1) is 0 Å². The van der Waals surface area contributed by atoms with E-state index < -0.39 is 0 Å². The van der Waals surface area contributed by atoms with Crippen molar-refractivity contribution in [1.82, 2.24) is 0 Å². The number of ether oxygens (including phenoxy) is 8. The van der Waals surface area contributed by atoms with E-state index in [2.05, 4.69) is 0 Å². The Morgan fingerprint density at radius 1 is 0.296 bits per heavy atom. The summed E-state index contributed by atoms with van der Waals surface area (Å²) >= 11 is 0. The van der Waals surface area contributed by atoms with Gasteiger partial charge in [0.1, 0.15) is 46.0 Å². The van der Waals surface area contributed by atoms with Crippen LogP contribution >= 0.6 is 0 Å². The largest absolute Gasteiger partial charge is 0.497 e. The van der Waals surface area contributed by atoms with E-state index in [9.17, 15) is 4.79 Å². The Morgan fingerprint density at radius 3 is 0.759 bits per heavy atom. The number of hydrogen-bond donors (Lipinski definition) is 0. The molecule has 0 aliphatic carbocycles. The summed E-state index contributed by atoms with van der Waals surface area (Å²) in [5.41, 5.74) is 3.62. The Labute approximate surface area is 318 Å². The summed E-state index contributed by atoms with van der Waals surface area (Å²) in [5, 5.41) is 0. The third kappa shape index (κ3) is 13.5. The fourth-order valence-electron chi connectivity index (χ4n) is 4.66. The second kappa shape index (κ2) is 23.1. The topological polar surface area (TPSA) is 90.9 Å². The Balaban J connectivity index is 0.000000200. The molecule has 0 N–H and O–H groups in total. The van der Waals surface area contributed by atoms with Gasteiger partial charge in [0, 0.05) is 17.2 Å². The molecule has 0 fully saturated rings. The summed E-state index contributed by atoms with van der Waals surface area (Å²) in [4.78, 5) is 12.2. The zero-order valence-corrected chi connectivity index (χ0v) is 32.0. The van der Waals surface area contributed by atoms with Crippen LogP contribution in [0, 0.1) is 0 Å². The summed E-state index contributed by atoms with van der Waals surface area (Å²) in [5.74, 6) is 6.54. The molecule has 6 aromatic carbocycles. The van der Waals surface area contributed by atoms with Crippen molar-refractivity contribution in [3.05, 3.63) is 157 Å². The van der Waals surface area contributed by atoms with Gasteiger partial charge in [0.2, 0.25) is 0 Å². The van der Waals surface area contributed by atoms with Gasteiger partial charge in [-0.3, -0.25) is 4.79 Å². The van der Waals surface area contributed by atoms with Crippen LogP contribution in [0.4, 0.5) is 0 Å². The molecule has 0 radical (unpaired) electrons. The van der Waals surface area contributed by atoms with Crippen molar-refractivity contribution in [2.24, 2.45) is 0 Å². The van der Waals surface area contributed by atoms with Crippen LogP contribution in [0.3, 0.4) is 0 Å². The standard InChI is InChI=1S/C15H14O3.C14H14O2.2C8H10O2/c1-17-13-7-3-11(4-8-13)15(16)12-5-9-14(18-2)10-6-12;1-15-13-7-3-11(4-8-13)12-5-9-14(16-2)10-6-12;1-9-7-3-5-8(10-2)6-4-7;1-9-7-4-3-5-8(6-7)10-2/h3-10H,1-2H3;3-10H,1-2H3;2*3-6H,1-2H3. The van der Waals surface area contributed by atoms with Crippen molar-refractivity contribution >= 4 is 5.78 Å². The number of carbonyl (C=O) groups excluding carboxylic acids is 1. The van der Waals surface area contributed by atoms with Gasteiger partial charge in [0.15, 0.2) is 5.78 Å². The monoisotopic (exact) mass is 732 g/mol. The minimum absolute atomic E-state index is 0.0136. The second-order valence-corrected chi connectivity index (χ2v) is 11.0. The first-order valence-corrected chi connectivity index (χ1v) is 16.8. The number of hydrogen-bond acceptors (Lipinski definition) is 9. The van der Waals surface area contributed by atoms with Gasteiger partial charge >= 0.3 is 0 Å². The maximum atomic E-state index is 12.2. The molecule has 6 rings (SSSR count). The smallest absolute Gasteiger partial charge is 0.193 e. The van der Waals surface area contributed by atoms with E-state index in [0.717, 1.165) is 46.0 Å². The molecule has 0 saturated heterocycles. The quantitative estimate of drug-likeness (QED) is 0.121. The average Bonchev–Trinajstić information content (AvgIpc) is 3.27. The molecule has 0 aliphatic rings. The number of rotatable bonds is 11. The lowest BCUT2D eigenvalue weighted by molar-refractivity contribution is 0.103. The molecule has 9 nitrogen and oxygen atoms in total. The molecule has 0 unspecified atom stereocenters. The summed E-state index contributed by atoms with van der Waals surface area (Å²) < 4.78 is 40.2. The molecule has 54 heavy (non-hydrogen) atoms. The maximum absolute atomic E-state index is 12.2. The summed E-state index contributed by atoms with van der Waals surface area (Å²) in [6.45, 7) is 0. The highest BCUT2D eigenvalue weighted by Gasteiger charge is 2.09. The number of benzene rings is 6. The zero-order valence-electron chi connectivity index (χ0n) is 32.0. The van der Waals surface area contributed by atoms with Crippen LogP contribution in [0.25, 0.3) is 11.1 Å². The fraction of sp³-hybridized carbons (Fsp3) is 0.178. The van der Waals surface area contributed by atoms with E-state index in [1.54, 1.807) is 105 Å². The molecule has 0 bridgehead atoms. The van der Waals surface area contributed by atoms with Crippen molar-refractivity contribution in [2.45, 2.75) is 0 Å². The number of ketones is 1. The molecule has 0 aromatic heterocycles. The van der Waals surface area contributed by atoms with Crippen molar-refractivity contribution in [3.8, 4) is 57.1 Å². The van der Waals surface area contributed by atoms with E-state index >= 15 is 0 Å². The van der Waals surface area contributed by atoms with Gasteiger partial charge in [-0.05, 0) is 120 Å². The fourth-order valence-corrected chi connectivity index (χ4v) is 4.66. The third-order valence-corrected chi connectivity index (χ3v) is 7.79. The lowest BCUT2D eigenvalue weighted by atomic mass is 10.0. The highest BCUT2D eigenvalue weighted by Crippen LogP contribution is 2.24. The molecule has 0 saturated carbocycles. The van der Waals surface area contributed by atoms with E-state index in [1.165, 1.54) is 11.1 Å². The van der Waals surface area contributed by atoms with Gasteiger partial charge < -0.3 is 37.9 Å². The Kier molecular flexibility index (Phi) is 17.8. The predicted octanol–water partition coefficient (Wildman–Crippen LogP) is 9.71. The average molecular weight is 733 g/mol. The van der Waals surface area contributed by atoms with Gasteiger partial charge in [0.25, 0.3) is 0 Å². The van der Waals surface area contributed by atoms with Crippen LogP contribution in [-0.2, 0) is 0 Å². The van der Waals surface area contributed by atoms with Crippen molar-refractivity contribution < 1.29 is 42.7 Å². The van der Waals surface area contributed by atoms with Gasteiger partial charge in [-0.1, -0.05) is 30.3 Å². The zero-order chi connectivity index (χ0) is 39.1. The molecule has 0 spiro atoms. The first-order chi connectivity index (χ1) is 26.3. The van der Waals surface area contributed by atoms with Crippen LogP contribution in [-0.4, -0.2) is 62.7 Å². The normalized spacial score (nSPS) is 9.56. The van der Waals surface area contributed by atoms with Crippen molar-refractivity contribution in [1.29, 1.82) is 0 Å². The Bertz CT molecular complexity index is 1780. The Morgan fingerprint density at radius 2 is 0.519 bits per heavy atom. The Hall–Kier alpha value is -6.61.